The molecule has 144 valence electrons. The minimum Gasteiger partial charge on any atom is -0.509 e. The number of aromatic amines is 1. The first kappa shape index (κ1) is 18.0. The van der Waals surface area contributed by atoms with E-state index in [0.29, 0.717) is 22.4 Å². The Morgan fingerprint density at radius 3 is 2.57 bits per heavy atom. The van der Waals surface area contributed by atoms with Crippen molar-refractivity contribution < 1.29 is 9.50 Å². The minimum atomic E-state index is -0.364. The minimum absolute atomic E-state index is 0.0670. The number of aliphatic hydroxyl groups is 1. The second kappa shape index (κ2) is 6.99. The molecule has 0 fully saturated rings. The standard InChI is InChI=1S/C21H22FN5O/c1-3-26(4-2)14-6-8-15(9-7-14)27-12-18(28)19(20(27)23)21-24-16-10-5-13(22)11-17(16)25-21/h5-11,23,28H,3-4,12H2,1-2H3,(H,24,25). The molecule has 1 aliphatic rings. The van der Waals surface area contributed by atoms with Gasteiger partial charge in [0.1, 0.15) is 23.2 Å². The maximum Gasteiger partial charge on any atom is 0.145 e. The number of hydrogen-bond donors (Lipinski definition) is 3. The number of imidazole rings is 1. The topological polar surface area (TPSA) is 79.2 Å². The monoisotopic (exact) mass is 379 g/mol. The predicted molar refractivity (Wildman–Crippen MR) is 111 cm³/mol. The number of benzene rings is 2. The Morgan fingerprint density at radius 2 is 1.89 bits per heavy atom. The summed E-state index contributed by atoms with van der Waals surface area (Å²) in [6.45, 7) is 6.27. The number of nitrogens with one attached hydrogen (secondary N) is 2. The Morgan fingerprint density at radius 1 is 1.18 bits per heavy atom. The average Bonchev–Trinajstić information content (AvgIpc) is 3.22. The van der Waals surface area contributed by atoms with Crippen molar-refractivity contribution in [2.45, 2.75) is 13.8 Å². The molecule has 2 aromatic carbocycles. The van der Waals surface area contributed by atoms with Gasteiger partial charge in [0.15, 0.2) is 0 Å². The molecule has 7 heteroatoms. The third-order valence-corrected chi connectivity index (χ3v) is 5.07. The van der Waals surface area contributed by atoms with Gasteiger partial charge in [0.05, 0.1) is 23.2 Å². The lowest BCUT2D eigenvalue weighted by molar-refractivity contribution is 0.411. The molecule has 0 unspecified atom stereocenters. The lowest BCUT2D eigenvalue weighted by atomic mass is 10.2. The molecule has 3 aromatic rings. The summed E-state index contributed by atoms with van der Waals surface area (Å²) < 4.78 is 13.4. The van der Waals surface area contributed by atoms with E-state index in [9.17, 15) is 9.50 Å². The zero-order chi connectivity index (χ0) is 19.8. The van der Waals surface area contributed by atoms with Gasteiger partial charge in [-0.25, -0.2) is 9.37 Å². The third kappa shape index (κ3) is 2.98. The van der Waals surface area contributed by atoms with Crippen LogP contribution in [0.3, 0.4) is 0 Å². The van der Waals surface area contributed by atoms with Crippen LogP contribution in [0.4, 0.5) is 15.8 Å². The van der Waals surface area contributed by atoms with Crippen LogP contribution in [-0.2, 0) is 0 Å². The molecule has 2 heterocycles. The second-order valence-corrected chi connectivity index (χ2v) is 6.69. The normalized spacial score (nSPS) is 14.4. The maximum atomic E-state index is 13.4. The van der Waals surface area contributed by atoms with Crippen molar-refractivity contribution in [1.29, 1.82) is 5.41 Å². The predicted octanol–water partition coefficient (Wildman–Crippen LogP) is 4.31. The van der Waals surface area contributed by atoms with Crippen molar-refractivity contribution in [1.82, 2.24) is 9.97 Å². The molecule has 0 saturated carbocycles. The smallest absolute Gasteiger partial charge is 0.145 e. The van der Waals surface area contributed by atoms with E-state index in [1.54, 1.807) is 11.0 Å². The van der Waals surface area contributed by atoms with E-state index in [1.165, 1.54) is 12.1 Å². The van der Waals surface area contributed by atoms with Gasteiger partial charge in [-0.2, -0.15) is 0 Å². The number of aliphatic hydroxyl groups excluding tert-OH is 1. The van der Waals surface area contributed by atoms with Gasteiger partial charge in [-0.15, -0.1) is 0 Å². The highest BCUT2D eigenvalue weighted by Gasteiger charge is 2.31. The Hall–Kier alpha value is -3.35. The third-order valence-electron chi connectivity index (χ3n) is 5.07. The van der Waals surface area contributed by atoms with Crippen molar-refractivity contribution in [2.75, 3.05) is 29.4 Å². The first-order chi connectivity index (χ1) is 13.5. The van der Waals surface area contributed by atoms with E-state index in [2.05, 4.69) is 28.7 Å². The van der Waals surface area contributed by atoms with E-state index in [-0.39, 0.29) is 24.0 Å². The van der Waals surface area contributed by atoms with Gasteiger partial charge >= 0.3 is 0 Å². The molecular formula is C21H22FN5O. The number of rotatable bonds is 5. The Balaban J connectivity index is 1.62. The largest absolute Gasteiger partial charge is 0.509 e. The van der Waals surface area contributed by atoms with Crippen LogP contribution in [0, 0.1) is 11.2 Å². The molecule has 28 heavy (non-hydrogen) atoms. The Kier molecular flexibility index (Phi) is 4.50. The highest BCUT2D eigenvalue weighted by Crippen LogP contribution is 2.31. The molecule has 3 N–H and O–H groups in total. The number of hydrogen-bond acceptors (Lipinski definition) is 4. The van der Waals surface area contributed by atoms with Gasteiger partial charge in [-0.3, -0.25) is 5.41 Å². The van der Waals surface area contributed by atoms with Gasteiger partial charge in [-0.1, -0.05) is 0 Å². The van der Waals surface area contributed by atoms with Crippen LogP contribution in [0.5, 0.6) is 0 Å². The van der Waals surface area contributed by atoms with E-state index < -0.39 is 0 Å². The lowest BCUT2D eigenvalue weighted by Crippen LogP contribution is -2.26. The van der Waals surface area contributed by atoms with Crippen LogP contribution >= 0.6 is 0 Å². The number of anilines is 2. The summed E-state index contributed by atoms with van der Waals surface area (Å²) in [6, 6.07) is 12.2. The number of halogens is 1. The number of fused-ring (bicyclic) bond motifs is 1. The summed E-state index contributed by atoms with van der Waals surface area (Å²) in [4.78, 5) is 11.4. The quantitative estimate of drug-likeness (QED) is 0.617. The Labute approximate surface area is 162 Å². The summed E-state index contributed by atoms with van der Waals surface area (Å²) in [7, 11) is 0. The van der Waals surface area contributed by atoms with Crippen molar-refractivity contribution >= 4 is 33.8 Å². The van der Waals surface area contributed by atoms with Gasteiger partial charge in [0.2, 0.25) is 0 Å². The van der Waals surface area contributed by atoms with Crippen LogP contribution in [0.2, 0.25) is 0 Å². The van der Waals surface area contributed by atoms with Crippen LogP contribution < -0.4 is 9.80 Å². The van der Waals surface area contributed by atoms with Crippen molar-refractivity contribution in [3.63, 3.8) is 0 Å². The molecule has 0 radical (unpaired) electrons. The molecule has 4 rings (SSSR count). The number of amidine groups is 1. The van der Waals surface area contributed by atoms with Crippen LogP contribution in [0.25, 0.3) is 16.6 Å². The number of H-pyrrole nitrogens is 1. The highest BCUT2D eigenvalue weighted by molar-refractivity contribution is 6.30. The average molecular weight is 379 g/mol. The van der Waals surface area contributed by atoms with Gasteiger partial charge in [-0.05, 0) is 56.3 Å². The second-order valence-electron chi connectivity index (χ2n) is 6.69. The molecular weight excluding hydrogens is 357 g/mol. The fraction of sp³-hybridized carbons (Fsp3) is 0.238. The van der Waals surface area contributed by atoms with E-state index in [4.69, 9.17) is 5.41 Å². The SMILES string of the molecule is CCN(CC)c1ccc(N2CC(O)=C(c3nc4ccc(F)cc4[nH]3)C2=N)cc1. The molecule has 0 spiro atoms. The molecule has 0 saturated heterocycles. The van der Waals surface area contributed by atoms with Crippen molar-refractivity contribution in [3.05, 3.63) is 59.9 Å². The number of nitrogens with zero attached hydrogens (tertiary/aromatic N) is 3. The first-order valence-electron chi connectivity index (χ1n) is 9.31. The molecule has 0 bridgehead atoms. The summed E-state index contributed by atoms with van der Waals surface area (Å²) in [5, 5.41) is 19.1. The molecule has 1 aromatic heterocycles. The van der Waals surface area contributed by atoms with Gasteiger partial charge in [0.25, 0.3) is 0 Å². The molecule has 1 aliphatic heterocycles. The van der Waals surface area contributed by atoms with Gasteiger partial charge < -0.3 is 19.9 Å². The summed E-state index contributed by atoms with van der Waals surface area (Å²) >= 11 is 0. The van der Waals surface area contributed by atoms with E-state index >= 15 is 0 Å². The summed E-state index contributed by atoms with van der Waals surface area (Å²) in [5.74, 6) is 0.229. The summed E-state index contributed by atoms with van der Waals surface area (Å²) in [6.07, 6.45) is 0. The lowest BCUT2D eigenvalue weighted by Gasteiger charge is -2.23. The maximum absolute atomic E-state index is 13.4. The van der Waals surface area contributed by atoms with Crippen LogP contribution in [0.1, 0.15) is 19.7 Å². The molecule has 0 aliphatic carbocycles. The van der Waals surface area contributed by atoms with Crippen LogP contribution in [0.15, 0.2) is 48.2 Å². The zero-order valence-corrected chi connectivity index (χ0v) is 15.8. The molecule has 6 nitrogen and oxygen atoms in total. The number of aromatic nitrogens is 2. The zero-order valence-electron chi connectivity index (χ0n) is 15.8. The Bertz CT molecular complexity index is 1070. The van der Waals surface area contributed by atoms with Gasteiger partial charge in [0, 0.05) is 24.5 Å². The molecule has 0 amide bonds. The van der Waals surface area contributed by atoms with Crippen LogP contribution in [-0.4, -0.2) is 40.5 Å². The van der Waals surface area contributed by atoms with E-state index in [1.807, 2.05) is 24.3 Å². The van der Waals surface area contributed by atoms with E-state index in [0.717, 1.165) is 24.5 Å². The fourth-order valence-corrected chi connectivity index (χ4v) is 3.58. The van der Waals surface area contributed by atoms with Crippen molar-refractivity contribution in [2.24, 2.45) is 0 Å². The summed E-state index contributed by atoms with van der Waals surface area (Å²) in [5.41, 5.74) is 3.40. The van der Waals surface area contributed by atoms with Crippen molar-refractivity contribution in [3.8, 4) is 0 Å². The molecule has 0 atom stereocenters. The first-order valence-corrected chi connectivity index (χ1v) is 9.31. The highest BCUT2D eigenvalue weighted by atomic mass is 19.1. The fourth-order valence-electron chi connectivity index (χ4n) is 3.58.